The monoisotopic (exact) mass is 656 g/mol. The van der Waals surface area contributed by atoms with Crippen molar-refractivity contribution in [2.45, 2.75) is 0 Å². The zero-order chi connectivity index (χ0) is 33.0. The maximum absolute atomic E-state index is 5.07. The Bertz CT molecular complexity index is 2800. The van der Waals surface area contributed by atoms with Crippen LogP contribution in [0.4, 0.5) is 0 Å². The van der Waals surface area contributed by atoms with Gasteiger partial charge in [0.2, 0.25) is 0 Å². The standard InChI is InChI=1S/C45H28N4S/c1-4-14-29(15-5-1)43-46-44(30-16-6-2-7-17-30)48-45(47-43)36-23-12-22-35-41-33(21-13-25-40(41)50-42(35)36)31-26-27-39-37(28-31)34-20-10-11-24-38(34)49(39)32-18-8-3-9-19-32/h1-28H. The van der Waals surface area contributed by atoms with Crippen LogP contribution in [0.3, 0.4) is 0 Å². The largest absolute Gasteiger partial charge is 0.309 e. The van der Waals surface area contributed by atoms with E-state index in [2.05, 4.69) is 114 Å². The van der Waals surface area contributed by atoms with Crippen molar-refractivity contribution in [3.05, 3.63) is 170 Å². The summed E-state index contributed by atoms with van der Waals surface area (Å²) in [5.41, 5.74) is 8.91. The van der Waals surface area contributed by atoms with Gasteiger partial charge in [0.05, 0.1) is 11.0 Å². The van der Waals surface area contributed by atoms with E-state index in [4.69, 9.17) is 15.0 Å². The lowest BCUT2D eigenvalue weighted by Gasteiger charge is -2.10. The minimum absolute atomic E-state index is 0.663. The van der Waals surface area contributed by atoms with Gasteiger partial charge in [-0.2, -0.15) is 0 Å². The summed E-state index contributed by atoms with van der Waals surface area (Å²) in [6.45, 7) is 0. The van der Waals surface area contributed by atoms with Crippen LogP contribution in [0.25, 0.3) is 93.0 Å². The Morgan fingerprint density at radius 2 is 0.980 bits per heavy atom. The molecule has 0 saturated heterocycles. The third-order valence-electron chi connectivity index (χ3n) is 9.46. The van der Waals surface area contributed by atoms with Crippen LogP contribution in [-0.2, 0) is 0 Å². The Balaban J connectivity index is 1.18. The number of nitrogens with zero attached hydrogens (tertiary/aromatic N) is 4. The van der Waals surface area contributed by atoms with Gasteiger partial charge >= 0.3 is 0 Å². The highest BCUT2D eigenvalue weighted by molar-refractivity contribution is 7.26. The van der Waals surface area contributed by atoms with Crippen molar-refractivity contribution in [1.29, 1.82) is 0 Å². The summed E-state index contributed by atoms with van der Waals surface area (Å²) in [5.74, 6) is 2.00. The van der Waals surface area contributed by atoms with Gasteiger partial charge in [-0.1, -0.05) is 127 Å². The second-order valence-electron chi connectivity index (χ2n) is 12.4. The first-order valence-electron chi connectivity index (χ1n) is 16.7. The summed E-state index contributed by atoms with van der Waals surface area (Å²) in [7, 11) is 0. The quantitative estimate of drug-likeness (QED) is 0.185. The molecule has 4 nitrogen and oxygen atoms in total. The normalized spacial score (nSPS) is 11.6. The first-order valence-corrected chi connectivity index (χ1v) is 17.5. The first-order chi connectivity index (χ1) is 24.8. The molecule has 0 aliphatic heterocycles. The first kappa shape index (κ1) is 28.6. The molecule has 7 aromatic carbocycles. The highest BCUT2D eigenvalue weighted by Gasteiger charge is 2.19. The Morgan fingerprint density at radius 1 is 0.400 bits per heavy atom. The molecule has 0 spiro atoms. The average molecular weight is 657 g/mol. The van der Waals surface area contributed by atoms with Gasteiger partial charge < -0.3 is 4.57 Å². The molecule has 0 amide bonds. The van der Waals surface area contributed by atoms with E-state index in [0.717, 1.165) is 22.4 Å². The van der Waals surface area contributed by atoms with Gasteiger partial charge in [0, 0.05) is 53.3 Å². The molecule has 0 atom stereocenters. The number of aromatic nitrogens is 4. The number of thiophene rings is 1. The molecule has 3 aromatic heterocycles. The third-order valence-corrected chi connectivity index (χ3v) is 10.7. The van der Waals surface area contributed by atoms with Crippen LogP contribution in [0.1, 0.15) is 0 Å². The van der Waals surface area contributed by atoms with Crippen molar-refractivity contribution in [3.8, 4) is 51.0 Å². The molecular formula is C45H28N4S. The van der Waals surface area contributed by atoms with E-state index in [0.29, 0.717) is 17.5 Å². The zero-order valence-electron chi connectivity index (χ0n) is 26.9. The molecule has 0 unspecified atom stereocenters. The van der Waals surface area contributed by atoms with E-state index in [1.807, 2.05) is 60.7 Å². The van der Waals surface area contributed by atoms with Crippen LogP contribution < -0.4 is 0 Å². The van der Waals surface area contributed by atoms with E-state index in [1.54, 1.807) is 11.3 Å². The number of rotatable bonds is 5. The predicted molar refractivity (Wildman–Crippen MR) is 209 cm³/mol. The van der Waals surface area contributed by atoms with Crippen LogP contribution in [0.5, 0.6) is 0 Å². The van der Waals surface area contributed by atoms with E-state index in [-0.39, 0.29) is 0 Å². The lowest BCUT2D eigenvalue weighted by molar-refractivity contribution is 1.08. The number of benzene rings is 7. The summed E-state index contributed by atoms with van der Waals surface area (Å²) in [5, 5.41) is 4.94. The van der Waals surface area contributed by atoms with Crippen LogP contribution in [0.2, 0.25) is 0 Å². The second kappa shape index (κ2) is 11.6. The lowest BCUT2D eigenvalue weighted by Crippen LogP contribution is -2.00. The van der Waals surface area contributed by atoms with Crippen molar-refractivity contribution in [2.24, 2.45) is 0 Å². The summed E-state index contributed by atoms with van der Waals surface area (Å²) >= 11 is 1.80. The predicted octanol–water partition coefficient (Wildman–Crippen LogP) is 12.0. The summed E-state index contributed by atoms with van der Waals surface area (Å²) in [4.78, 5) is 15.1. The minimum Gasteiger partial charge on any atom is -0.309 e. The number of hydrogen-bond acceptors (Lipinski definition) is 4. The Morgan fingerprint density at radius 3 is 1.72 bits per heavy atom. The Labute approximate surface area is 292 Å². The summed E-state index contributed by atoms with van der Waals surface area (Å²) < 4.78 is 4.77. The molecule has 0 bridgehead atoms. The number of hydrogen-bond donors (Lipinski definition) is 0. The number of fused-ring (bicyclic) bond motifs is 6. The molecule has 234 valence electrons. The van der Waals surface area contributed by atoms with Gasteiger partial charge in [-0.3, -0.25) is 0 Å². The molecule has 0 aliphatic carbocycles. The second-order valence-corrected chi connectivity index (χ2v) is 13.5. The molecule has 0 radical (unpaired) electrons. The van der Waals surface area contributed by atoms with Crippen molar-refractivity contribution in [1.82, 2.24) is 19.5 Å². The minimum atomic E-state index is 0.663. The Kier molecular flexibility index (Phi) is 6.64. The van der Waals surface area contributed by atoms with Gasteiger partial charge in [-0.25, -0.2) is 15.0 Å². The molecular weight excluding hydrogens is 629 g/mol. The Hall–Kier alpha value is -6.43. The number of para-hydroxylation sites is 2. The van der Waals surface area contributed by atoms with Gasteiger partial charge in [-0.05, 0) is 53.6 Å². The zero-order valence-corrected chi connectivity index (χ0v) is 27.7. The molecule has 3 heterocycles. The van der Waals surface area contributed by atoms with Crippen LogP contribution in [0, 0.1) is 0 Å². The molecule has 0 fully saturated rings. The summed E-state index contributed by atoms with van der Waals surface area (Å²) in [6, 6.07) is 59.7. The molecule has 0 saturated carbocycles. The van der Waals surface area contributed by atoms with Crippen LogP contribution in [0.15, 0.2) is 170 Å². The molecule has 0 N–H and O–H groups in total. The van der Waals surface area contributed by atoms with Crippen LogP contribution in [-0.4, -0.2) is 19.5 Å². The SMILES string of the molecule is c1ccc(-c2nc(-c3ccccc3)nc(-c3cccc4c3sc3cccc(-c5ccc6c(c5)c5ccccc5n6-c5ccccc5)c34)n2)cc1. The summed E-state index contributed by atoms with van der Waals surface area (Å²) in [6.07, 6.45) is 0. The highest BCUT2D eigenvalue weighted by Crippen LogP contribution is 2.44. The average Bonchev–Trinajstić information content (AvgIpc) is 3.74. The molecule has 50 heavy (non-hydrogen) atoms. The van der Waals surface area contributed by atoms with Gasteiger partial charge in [-0.15, -0.1) is 11.3 Å². The van der Waals surface area contributed by atoms with Crippen molar-refractivity contribution in [2.75, 3.05) is 0 Å². The lowest BCUT2D eigenvalue weighted by atomic mass is 9.97. The molecule has 10 aromatic rings. The van der Waals surface area contributed by atoms with Gasteiger partial charge in [0.1, 0.15) is 0 Å². The van der Waals surface area contributed by atoms with Crippen molar-refractivity contribution in [3.63, 3.8) is 0 Å². The van der Waals surface area contributed by atoms with Gasteiger partial charge in [0.15, 0.2) is 17.5 Å². The van der Waals surface area contributed by atoms with E-state index in [1.165, 1.54) is 53.1 Å². The fraction of sp³-hybridized carbons (Fsp3) is 0. The molecule has 10 rings (SSSR count). The molecule has 5 heteroatoms. The van der Waals surface area contributed by atoms with Gasteiger partial charge in [0.25, 0.3) is 0 Å². The fourth-order valence-corrected chi connectivity index (χ4v) is 8.43. The van der Waals surface area contributed by atoms with Crippen LogP contribution >= 0.6 is 11.3 Å². The highest BCUT2D eigenvalue weighted by atomic mass is 32.1. The topological polar surface area (TPSA) is 43.6 Å². The smallest absolute Gasteiger partial charge is 0.165 e. The van der Waals surface area contributed by atoms with E-state index >= 15 is 0 Å². The van der Waals surface area contributed by atoms with E-state index < -0.39 is 0 Å². The van der Waals surface area contributed by atoms with E-state index in [9.17, 15) is 0 Å². The van der Waals surface area contributed by atoms with Crippen molar-refractivity contribution >= 4 is 53.3 Å². The third kappa shape index (κ3) is 4.63. The maximum atomic E-state index is 5.07. The molecule has 0 aliphatic rings. The maximum Gasteiger partial charge on any atom is 0.165 e. The fourth-order valence-electron chi connectivity index (χ4n) is 7.19. The van der Waals surface area contributed by atoms with Crippen molar-refractivity contribution < 1.29 is 0 Å².